The van der Waals surface area contributed by atoms with E-state index in [1.807, 2.05) is 30.3 Å². The summed E-state index contributed by atoms with van der Waals surface area (Å²) in [5.41, 5.74) is 9.16. The van der Waals surface area contributed by atoms with Crippen LogP contribution in [0.4, 0.5) is 5.13 Å². The SMILES string of the molecule is CCSc1nnc(N2C(N)=C(C#N)C(c3ccccc3)C3=C2CC(C)(C)CC3=O)s1. The first kappa shape index (κ1) is 20.6. The maximum atomic E-state index is 13.4. The van der Waals surface area contributed by atoms with Crippen molar-refractivity contribution in [2.75, 3.05) is 10.7 Å². The Morgan fingerprint density at radius 1 is 1.30 bits per heavy atom. The van der Waals surface area contributed by atoms with Crippen molar-refractivity contribution in [2.24, 2.45) is 11.1 Å². The van der Waals surface area contributed by atoms with Gasteiger partial charge in [0.2, 0.25) is 5.13 Å². The highest BCUT2D eigenvalue weighted by atomic mass is 32.2. The smallest absolute Gasteiger partial charge is 0.219 e. The number of Topliss-reactive ketones (excluding diaryl/α,β-unsaturated/α-hetero) is 1. The van der Waals surface area contributed by atoms with Gasteiger partial charge in [0.1, 0.15) is 5.82 Å². The van der Waals surface area contributed by atoms with Crippen LogP contribution in [0.25, 0.3) is 0 Å². The molecule has 8 heteroatoms. The molecule has 2 N–H and O–H groups in total. The Hall–Kier alpha value is -2.63. The Balaban J connectivity index is 1.94. The average Bonchev–Trinajstić information content (AvgIpc) is 3.15. The van der Waals surface area contributed by atoms with E-state index in [0.29, 0.717) is 34.9 Å². The van der Waals surface area contributed by atoms with Crippen molar-refractivity contribution < 1.29 is 4.79 Å². The molecular weight excluding hydrogens is 414 g/mol. The minimum absolute atomic E-state index is 0.0630. The van der Waals surface area contributed by atoms with Gasteiger partial charge in [-0.3, -0.25) is 9.69 Å². The molecule has 0 fully saturated rings. The highest BCUT2D eigenvalue weighted by Gasteiger charge is 2.45. The summed E-state index contributed by atoms with van der Waals surface area (Å²) in [6.07, 6.45) is 1.11. The standard InChI is InChI=1S/C22H23N5OS2/c1-4-29-21-26-25-20(30-21)27-15-10-22(2,3)11-16(28)18(15)17(14(12-23)19(27)24)13-8-6-5-7-9-13/h5-9,17H,4,10-11,24H2,1-3H3. The lowest BCUT2D eigenvalue weighted by Crippen LogP contribution is -2.42. The van der Waals surface area contributed by atoms with Crippen LogP contribution in [0, 0.1) is 16.7 Å². The minimum atomic E-state index is -0.455. The molecule has 4 rings (SSSR count). The number of carbonyl (C=O) groups excluding carboxylic acids is 1. The Bertz CT molecular complexity index is 1090. The lowest BCUT2D eigenvalue weighted by atomic mass is 9.69. The van der Waals surface area contributed by atoms with Crippen LogP contribution in [0.3, 0.4) is 0 Å². The lowest BCUT2D eigenvalue weighted by Gasteiger charge is -2.42. The Morgan fingerprint density at radius 2 is 2.03 bits per heavy atom. The monoisotopic (exact) mass is 437 g/mol. The van der Waals surface area contributed by atoms with Gasteiger partial charge in [-0.2, -0.15) is 5.26 Å². The number of hydrogen-bond donors (Lipinski definition) is 1. The molecule has 1 aromatic heterocycles. The maximum absolute atomic E-state index is 13.4. The van der Waals surface area contributed by atoms with Crippen molar-refractivity contribution in [3.8, 4) is 6.07 Å². The van der Waals surface area contributed by atoms with Crippen LogP contribution < -0.4 is 10.6 Å². The van der Waals surface area contributed by atoms with Crippen LogP contribution in [0.2, 0.25) is 0 Å². The third-order valence-corrected chi connectivity index (χ3v) is 7.29. The van der Waals surface area contributed by atoms with Crippen molar-refractivity contribution >= 4 is 34.0 Å². The Morgan fingerprint density at radius 3 is 2.70 bits per heavy atom. The topological polar surface area (TPSA) is 95.9 Å². The molecule has 0 bridgehead atoms. The predicted molar refractivity (Wildman–Crippen MR) is 120 cm³/mol. The van der Waals surface area contributed by atoms with Crippen molar-refractivity contribution in [3.63, 3.8) is 0 Å². The van der Waals surface area contributed by atoms with Crippen molar-refractivity contribution in [2.45, 2.75) is 43.9 Å². The molecule has 2 heterocycles. The van der Waals surface area contributed by atoms with Gasteiger partial charge < -0.3 is 5.73 Å². The summed E-state index contributed by atoms with van der Waals surface area (Å²) >= 11 is 3.04. The van der Waals surface area contributed by atoms with Gasteiger partial charge in [-0.25, -0.2) is 0 Å². The number of carbonyl (C=O) groups is 1. The fourth-order valence-corrected chi connectivity index (χ4v) is 5.96. The minimum Gasteiger partial charge on any atom is -0.384 e. The zero-order valence-corrected chi connectivity index (χ0v) is 18.8. The highest BCUT2D eigenvalue weighted by molar-refractivity contribution is 8.01. The largest absolute Gasteiger partial charge is 0.384 e. The van der Waals surface area contributed by atoms with Gasteiger partial charge in [0.25, 0.3) is 0 Å². The third kappa shape index (κ3) is 3.53. The fraction of sp³-hybridized carbons (Fsp3) is 0.364. The van der Waals surface area contributed by atoms with Gasteiger partial charge in [-0.05, 0) is 23.2 Å². The lowest BCUT2D eigenvalue weighted by molar-refractivity contribution is -0.118. The molecule has 1 unspecified atom stereocenters. The Kier molecular flexibility index (Phi) is 5.43. The van der Waals surface area contributed by atoms with E-state index in [1.165, 1.54) is 11.3 Å². The van der Waals surface area contributed by atoms with Crippen molar-refractivity contribution in [1.82, 2.24) is 10.2 Å². The Labute approximate surface area is 184 Å². The maximum Gasteiger partial charge on any atom is 0.219 e. The van der Waals surface area contributed by atoms with E-state index in [4.69, 9.17) is 5.73 Å². The second-order valence-electron chi connectivity index (χ2n) is 8.17. The first-order valence-electron chi connectivity index (χ1n) is 9.83. The van der Waals surface area contributed by atoms with Crippen LogP contribution in [0.15, 0.2) is 57.3 Å². The van der Waals surface area contributed by atoms with Crippen LogP contribution in [-0.2, 0) is 4.79 Å². The number of ketones is 1. The number of nitriles is 1. The van der Waals surface area contributed by atoms with E-state index in [1.54, 1.807) is 16.7 Å². The molecule has 154 valence electrons. The van der Waals surface area contributed by atoms with Crippen molar-refractivity contribution in [3.05, 3.63) is 58.6 Å². The molecule has 2 aliphatic rings. The summed E-state index contributed by atoms with van der Waals surface area (Å²) in [6, 6.07) is 11.9. The molecule has 1 atom stereocenters. The number of hydrogen-bond acceptors (Lipinski definition) is 8. The molecule has 30 heavy (non-hydrogen) atoms. The third-order valence-electron chi connectivity index (χ3n) is 5.37. The number of benzene rings is 1. The van der Waals surface area contributed by atoms with E-state index in [0.717, 1.165) is 21.4 Å². The highest BCUT2D eigenvalue weighted by Crippen LogP contribution is 2.50. The van der Waals surface area contributed by atoms with Crippen LogP contribution in [0.1, 0.15) is 45.1 Å². The average molecular weight is 438 g/mol. The number of rotatable bonds is 4. The van der Waals surface area contributed by atoms with Crippen LogP contribution in [-0.4, -0.2) is 21.7 Å². The van der Waals surface area contributed by atoms with Crippen LogP contribution >= 0.6 is 23.1 Å². The number of nitrogens with two attached hydrogens (primary N) is 1. The van der Waals surface area contributed by atoms with E-state index < -0.39 is 5.92 Å². The summed E-state index contributed by atoms with van der Waals surface area (Å²) in [6.45, 7) is 6.23. The molecule has 1 aromatic carbocycles. The number of allylic oxidation sites excluding steroid dienone is 3. The second kappa shape index (κ2) is 7.89. The molecule has 1 aliphatic carbocycles. The molecule has 6 nitrogen and oxygen atoms in total. The number of nitrogens with zero attached hydrogens (tertiary/aromatic N) is 4. The number of anilines is 1. The fourth-order valence-electron chi connectivity index (χ4n) is 4.18. The molecule has 0 saturated carbocycles. The molecule has 0 spiro atoms. The molecule has 0 amide bonds. The molecular formula is C22H23N5OS2. The van der Waals surface area contributed by atoms with E-state index in [9.17, 15) is 10.1 Å². The summed E-state index contributed by atoms with van der Waals surface area (Å²) in [4.78, 5) is 15.2. The van der Waals surface area contributed by atoms with Crippen LogP contribution in [0.5, 0.6) is 0 Å². The normalized spacial score (nSPS) is 20.9. The second-order valence-corrected chi connectivity index (χ2v) is 10.6. The number of thioether (sulfide) groups is 1. The van der Waals surface area contributed by atoms with Gasteiger partial charge in [-0.15, -0.1) is 10.2 Å². The summed E-state index contributed by atoms with van der Waals surface area (Å²) in [5, 5.41) is 19.2. The first-order chi connectivity index (χ1) is 14.4. The van der Waals surface area contributed by atoms with Crippen molar-refractivity contribution in [1.29, 1.82) is 5.26 Å². The first-order valence-corrected chi connectivity index (χ1v) is 11.6. The van der Waals surface area contributed by atoms with E-state index in [-0.39, 0.29) is 11.2 Å². The van der Waals surface area contributed by atoms with Gasteiger partial charge >= 0.3 is 0 Å². The van der Waals surface area contributed by atoms with E-state index >= 15 is 0 Å². The summed E-state index contributed by atoms with van der Waals surface area (Å²) in [7, 11) is 0. The van der Waals surface area contributed by atoms with E-state index in [2.05, 4.69) is 37.0 Å². The molecule has 1 aliphatic heterocycles. The predicted octanol–water partition coefficient (Wildman–Crippen LogP) is 4.59. The summed E-state index contributed by atoms with van der Waals surface area (Å²) < 4.78 is 0.840. The van der Waals surface area contributed by atoms with Gasteiger partial charge in [-0.1, -0.05) is 74.2 Å². The molecule has 0 radical (unpaired) electrons. The summed E-state index contributed by atoms with van der Waals surface area (Å²) in [5.74, 6) is 0.829. The molecule has 2 aromatic rings. The zero-order valence-electron chi connectivity index (χ0n) is 17.2. The zero-order chi connectivity index (χ0) is 21.5. The van der Waals surface area contributed by atoms with Gasteiger partial charge in [0.05, 0.1) is 17.6 Å². The molecule has 0 saturated heterocycles. The quantitative estimate of drug-likeness (QED) is 0.699. The van der Waals surface area contributed by atoms with Gasteiger partial charge in [0, 0.05) is 17.7 Å². The van der Waals surface area contributed by atoms with Gasteiger partial charge in [0.15, 0.2) is 10.1 Å². The number of aromatic nitrogens is 2.